The first-order valence-electron chi connectivity index (χ1n) is 4.92. The van der Waals surface area contributed by atoms with Gasteiger partial charge in [-0.25, -0.2) is 0 Å². The average molecular weight is 219 g/mol. The summed E-state index contributed by atoms with van der Waals surface area (Å²) in [6.45, 7) is 3.81. The van der Waals surface area contributed by atoms with Gasteiger partial charge in [0.1, 0.15) is 0 Å². The molecule has 0 aliphatic heterocycles. The van der Waals surface area contributed by atoms with Crippen LogP contribution in [0.5, 0.6) is 0 Å². The van der Waals surface area contributed by atoms with Crippen molar-refractivity contribution in [3.63, 3.8) is 0 Å². The van der Waals surface area contributed by atoms with Crippen molar-refractivity contribution in [2.75, 3.05) is 0 Å². The van der Waals surface area contributed by atoms with E-state index in [-0.39, 0.29) is 5.92 Å². The van der Waals surface area contributed by atoms with Crippen molar-refractivity contribution in [2.45, 2.75) is 38.9 Å². The highest BCUT2D eigenvalue weighted by molar-refractivity contribution is 6.65. The van der Waals surface area contributed by atoms with E-state index in [1.54, 1.807) is 0 Å². The molecule has 0 saturated heterocycles. The summed E-state index contributed by atoms with van der Waals surface area (Å²) in [5.74, 6) is -0.0137. The Morgan fingerprint density at radius 1 is 1.43 bits per heavy atom. The number of hydrogen-bond acceptors (Lipinski definition) is 3. The van der Waals surface area contributed by atoms with E-state index >= 15 is 0 Å². The zero-order valence-electron chi connectivity index (χ0n) is 8.33. The van der Waals surface area contributed by atoms with Crippen LogP contribution >= 0.6 is 11.6 Å². The van der Waals surface area contributed by atoms with E-state index in [1.807, 2.05) is 13.8 Å². The molecule has 2 bridgehead atoms. The summed E-state index contributed by atoms with van der Waals surface area (Å²) < 4.78 is 0. The Balaban J connectivity index is 2.53. The van der Waals surface area contributed by atoms with Crippen molar-refractivity contribution in [1.82, 2.24) is 0 Å². The first kappa shape index (κ1) is 10.4. The van der Waals surface area contributed by atoms with Gasteiger partial charge in [-0.1, -0.05) is 13.8 Å². The summed E-state index contributed by atoms with van der Waals surface area (Å²) in [7, 11) is 0. The highest BCUT2D eigenvalue weighted by Crippen LogP contribution is 2.66. The van der Waals surface area contributed by atoms with Crippen LogP contribution in [0.15, 0.2) is 0 Å². The Morgan fingerprint density at radius 3 is 2.29 bits per heavy atom. The van der Waals surface area contributed by atoms with E-state index in [1.165, 1.54) is 0 Å². The fourth-order valence-corrected chi connectivity index (χ4v) is 3.95. The lowest BCUT2D eigenvalue weighted by molar-refractivity contribution is -0.135. The van der Waals surface area contributed by atoms with Crippen molar-refractivity contribution >= 4 is 16.8 Å². The van der Waals surface area contributed by atoms with Crippen molar-refractivity contribution in [1.29, 1.82) is 0 Å². The standard InChI is InChI=1S/C10H15ClO3/c1-9(2)5-3-4-10(9,8(11)14)7(13)6(5)12/h5-7,12-13H,3-4H2,1-2H3. The number of aliphatic hydroxyl groups excluding tert-OH is 2. The molecule has 0 aromatic carbocycles. The van der Waals surface area contributed by atoms with E-state index in [0.29, 0.717) is 6.42 Å². The molecule has 2 fully saturated rings. The highest BCUT2D eigenvalue weighted by Gasteiger charge is 2.71. The lowest BCUT2D eigenvalue weighted by Crippen LogP contribution is -2.46. The molecule has 0 amide bonds. The van der Waals surface area contributed by atoms with Gasteiger partial charge in [0.05, 0.1) is 17.6 Å². The van der Waals surface area contributed by atoms with Crippen LogP contribution in [0.1, 0.15) is 26.7 Å². The van der Waals surface area contributed by atoms with Crippen molar-refractivity contribution < 1.29 is 15.0 Å². The predicted molar refractivity (Wildman–Crippen MR) is 51.8 cm³/mol. The number of carbonyl (C=O) groups is 1. The van der Waals surface area contributed by atoms with Crippen LogP contribution in [-0.2, 0) is 4.79 Å². The molecule has 4 unspecified atom stereocenters. The Labute approximate surface area is 88.1 Å². The van der Waals surface area contributed by atoms with Crippen molar-refractivity contribution in [3.8, 4) is 0 Å². The third-order valence-electron chi connectivity index (χ3n) is 4.52. The average Bonchev–Trinajstić information content (AvgIpc) is 2.41. The minimum absolute atomic E-state index is 0.0137. The quantitative estimate of drug-likeness (QED) is 0.644. The SMILES string of the molecule is CC1(C)C2CCC1(C(=O)Cl)C(O)C2O. The van der Waals surface area contributed by atoms with E-state index in [0.717, 1.165) is 6.42 Å². The zero-order valence-corrected chi connectivity index (χ0v) is 9.08. The van der Waals surface area contributed by atoms with E-state index < -0.39 is 28.3 Å². The predicted octanol–water partition coefficient (Wildman–Crippen LogP) is 0.910. The van der Waals surface area contributed by atoms with Crippen molar-refractivity contribution in [2.24, 2.45) is 16.7 Å². The summed E-state index contributed by atoms with van der Waals surface area (Å²) in [6.07, 6.45) is -0.447. The van der Waals surface area contributed by atoms with Gasteiger partial charge in [0, 0.05) is 0 Å². The van der Waals surface area contributed by atoms with Gasteiger partial charge in [0.2, 0.25) is 5.24 Å². The summed E-state index contributed by atoms with van der Waals surface area (Å²) in [5, 5.41) is 19.2. The second kappa shape index (κ2) is 2.71. The number of fused-ring (bicyclic) bond motifs is 2. The molecule has 0 aromatic heterocycles. The Hall–Kier alpha value is -0.120. The van der Waals surface area contributed by atoms with Crippen LogP contribution < -0.4 is 0 Å². The fraction of sp³-hybridized carbons (Fsp3) is 0.900. The van der Waals surface area contributed by atoms with Gasteiger partial charge in [0.25, 0.3) is 0 Å². The van der Waals surface area contributed by atoms with E-state index in [4.69, 9.17) is 11.6 Å². The van der Waals surface area contributed by atoms with E-state index in [2.05, 4.69) is 0 Å². The largest absolute Gasteiger partial charge is 0.390 e. The first-order valence-corrected chi connectivity index (χ1v) is 5.29. The van der Waals surface area contributed by atoms with E-state index in [9.17, 15) is 15.0 Å². The molecule has 0 aromatic rings. The Morgan fingerprint density at radius 2 is 2.00 bits per heavy atom. The second-order valence-electron chi connectivity index (χ2n) is 5.05. The Kier molecular flexibility index (Phi) is 2.02. The molecule has 0 radical (unpaired) electrons. The number of rotatable bonds is 1. The number of carbonyl (C=O) groups excluding carboxylic acids is 1. The molecule has 4 atom stereocenters. The van der Waals surface area contributed by atoms with Gasteiger partial charge in [-0.2, -0.15) is 0 Å². The number of hydrogen-bond donors (Lipinski definition) is 2. The summed E-state index contributed by atoms with van der Waals surface area (Å²) in [4.78, 5) is 11.5. The lowest BCUT2D eigenvalue weighted by Gasteiger charge is -2.36. The normalized spacial score (nSPS) is 49.6. The summed E-state index contributed by atoms with van der Waals surface area (Å²) in [6, 6.07) is 0. The van der Waals surface area contributed by atoms with Gasteiger partial charge in [-0.15, -0.1) is 0 Å². The van der Waals surface area contributed by atoms with Gasteiger partial charge in [-0.3, -0.25) is 4.79 Å². The number of halogens is 1. The van der Waals surface area contributed by atoms with Gasteiger partial charge in [0.15, 0.2) is 0 Å². The lowest BCUT2D eigenvalue weighted by atomic mass is 9.69. The molecule has 0 spiro atoms. The minimum atomic E-state index is -0.999. The maximum absolute atomic E-state index is 11.5. The van der Waals surface area contributed by atoms with Gasteiger partial charge < -0.3 is 10.2 Å². The minimum Gasteiger partial charge on any atom is -0.390 e. The topological polar surface area (TPSA) is 57.5 Å². The van der Waals surface area contributed by atoms with Crippen LogP contribution in [0, 0.1) is 16.7 Å². The summed E-state index contributed by atoms with van der Waals surface area (Å²) in [5.41, 5.74) is -1.33. The maximum Gasteiger partial charge on any atom is 0.231 e. The molecule has 2 rings (SSSR count). The smallest absolute Gasteiger partial charge is 0.231 e. The molecule has 14 heavy (non-hydrogen) atoms. The monoisotopic (exact) mass is 218 g/mol. The molecular weight excluding hydrogens is 204 g/mol. The number of aliphatic hydroxyl groups is 2. The van der Waals surface area contributed by atoms with Crippen LogP contribution in [0.2, 0.25) is 0 Å². The van der Waals surface area contributed by atoms with Crippen LogP contribution in [0.4, 0.5) is 0 Å². The molecule has 3 nitrogen and oxygen atoms in total. The molecule has 2 aliphatic rings. The maximum atomic E-state index is 11.5. The molecule has 2 N–H and O–H groups in total. The van der Waals surface area contributed by atoms with Gasteiger partial charge >= 0.3 is 0 Å². The third kappa shape index (κ3) is 0.841. The van der Waals surface area contributed by atoms with Crippen LogP contribution in [0.25, 0.3) is 0 Å². The molecule has 2 aliphatic carbocycles. The fourth-order valence-electron chi connectivity index (χ4n) is 3.50. The highest BCUT2D eigenvalue weighted by atomic mass is 35.5. The Bertz CT molecular complexity index is 289. The molecule has 0 heterocycles. The van der Waals surface area contributed by atoms with Crippen LogP contribution in [-0.4, -0.2) is 27.7 Å². The molecule has 2 saturated carbocycles. The molecule has 80 valence electrons. The van der Waals surface area contributed by atoms with Gasteiger partial charge in [-0.05, 0) is 35.8 Å². The third-order valence-corrected chi connectivity index (χ3v) is 4.86. The zero-order chi connectivity index (χ0) is 10.7. The summed E-state index contributed by atoms with van der Waals surface area (Å²) >= 11 is 5.60. The first-order chi connectivity index (χ1) is 6.35. The molecule has 4 heteroatoms. The molecular formula is C10H15ClO3. The van der Waals surface area contributed by atoms with Crippen LogP contribution in [0.3, 0.4) is 0 Å². The second-order valence-corrected chi connectivity index (χ2v) is 5.39. The van der Waals surface area contributed by atoms with Crippen molar-refractivity contribution in [3.05, 3.63) is 0 Å².